The molecule has 2 aromatic carbocycles. The minimum Gasteiger partial charge on any atom is -0.377 e. The molecule has 9 nitrogen and oxygen atoms in total. The van der Waals surface area contributed by atoms with Crippen molar-refractivity contribution in [2.45, 2.75) is 18.9 Å². The molecule has 2 aliphatic rings. The average molecular weight is 381 g/mol. The second kappa shape index (κ2) is 7.18. The van der Waals surface area contributed by atoms with Crippen LogP contribution in [0.3, 0.4) is 0 Å². The highest BCUT2D eigenvalue weighted by Crippen LogP contribution is 2.31. The lowest BCUT2D eigenvalue weighted by atomic mass is 10.1. The highest BCUT2D eigenvalue weighted by molar-refractivity contribution is 6.05. The van der Waals surface area contributed by atoms with Crippen LogP contribution in [-0.2, 0) is 0 Å². The van der Waals surface area contributed by atoms with E-state index in [1.165, 1.54) is 6.07 Å². The number of hydrogen-bond donors (Lipinski definition) is 3. The number of benzene rings is 2. The van der Waals surface area contributed by atoms with Gasteiger partial charge in [0.05, 0.1) is 4.92 Å². The van der Waals surface area contributed by atoms with Crippen LogP contribution < -0.4 is 20.9 Å². The molecular weight excluding hydrogens is 362 g/mol. The van der Waals surface area contributed by atoms with E-state index in [4.69, 9.17) is 0 Å². The molecule has 4 rings (SSSR count). The molecule has 1 heterocycles. The molecule has 144 valence electrons. The Bertz CT molecular complexity index is 940. The fourth-order valence-corrected chi connectivity index (χ4v) is 3.04. The number of rotatable bonds is 6. The zero-order chi connectivity index (χ0) is 19.7. The van der Waals surface area contributed by atoms with E-state index in [0.717, 1.165) is 18.5 Å². The molecule has 1 aliphatic carbocycles. The van der Waals surface area contributed by atoms with Crippen LogP contribution >= 0.6 is 0 Å². The summed E-state index contributed by atoms with van der Waals surface area (Å²) < 4.78 is 0. The zero-order valence-corrected chi connectivity index (χ0v) is 15.0. The molecule has 0 bridgehead atoms. The number of anilines is 3. The largest absolute Gasteiger partial charge is 0.377 e. The summed E-state index contributed by atoms with van der Waals surface area (Å²) in [6.07, 6.45) is 1.99. The zero-order valence-electron chi connectivity index (χ0n) is 15.0. The Labute approximate surface area is 160 Å². The molecule has 1 aliphatic heterocycles. The van der Waals surface area contributed by atoms with Gasteiger partial charge in [-0.2, -0.15) is 0 Å². The van der Waals surface area contributed by atoms with Crippen molar-refractivity contribution in [3.63, 3.8) is 0 Å². The molecule has 3 N–H and O–H groups in total. The highest BCUT2D eigenvalue weighted by Gasteiger charge is 2.26. The summed E-state index contributed by atoms with van der Waals surface area (Å²) in [5.74, 6) is -0.437. The van der Waals surface area contributed by atoms with Crippen molar-refractivity contribution < 1.29 is 14.5 Å². The number of carbonyl (C=O) groups excluding carboxylic acids is 2. The van der Waals surface area contributed by atoms with E-state index >= 15 is 0 Å². The SMILES string of the molecule is O=C(Nc1ccc(N2CCNC2=O)cc1)c1ccc(NC2CC2)c([N+](=O)[O-])c1. The first-order valence-electron chi connectivity index (χ1n) is 9.03. The first-order chi connectivity index (χ1) is 13.5. The standard InChI is InChI=1S/C19H19N5O4/c25-18(12-1-8-16(21-13-2-3-13)17(11-12)24(27)28)22-14-4-6-15(7-5-14)23-10-9-20-19(23)26/h1,4-8,11,13,21H,2-3,9-10H2,(H,20,26)(H,22,25). The number of carbonyl (C=O) groups is 2. The molecular formula is C19H19N5O4. The Hall–Kier alpha value is -3.62. The molecule has 0 spiro atoms. The first-order valence-corrected chi connectivity index (χ1v) is 9.03. The van der Waals surface area contributed by atoms with Gasteiger partial charge in [-0.15, -0.1) is 0 Å². The van der Waals surface area contributed by atoms with Crippen LogP contribution in [0.15, 0.2) is 42.5 Å². The molecule has 9 heteroatoms. The second-order valence-corrected chi connectivity index (χ2v) is 6.79. The fraction of sp³-hybridized carbons (Fsp3) is 0.263. The van der Waals surface area contributed by atoms with Gasteiger partial charge in [0.2, 0.25) is 0 Å². The number of nitrogens with one attached hydrogen (secondary N) is 3. The molecule has 0 radical (unpaired) electrons. The van der Waals surface area contributed by atoms with Crippen molar-refractivity contribution in [1.29, 1.82) is 0 Å². The molecule has 2 fully saturated rings. The Morgan fingerprint density at radius 2 is 1.93 bits per heavy atom. The second-order valence-electron chi connectivity index (χ2n) is 6.79. The van der Waals surface area contributed by atoms with E-state index in [0.29, 0.717) is 24.5 Å². The molecule has 28 heavy (non-hydrogen) atoms. The lowest BCUT2D eigenvalue weighted by Crippen LogP contribution is -2.27. The highest BCUT2D eigenvalue weighted by atomic mass is 16.6. The molecule has 3 amide bonds. The Balaban J connectivity index is 1.47. The molecule has 0 unspecified atom stereocenters. The molecule has 2 aromatic rings. The van der Waals surface area contributed by atoms with Crippen molar-refractivity contribution in [2.75, 3.05) is 28.6 Å². The van der Waals surface area contributed by atoms with Crippen molar-refractivity contribution in [1.82, 2.24) is 5.32 Å². The predicted molar refractivity (Wildman–Crippen MR) is 105 cm³/mol. The van der Waals surface area contributed by atoms with Gasteiger partial charge < -0.3 is 16.0 Å². The number of hydrogen-bond acceptors (Lipinski definition) is 5. The Kier molecular flexibility index (Phi) is 4.56. The smallest absolute Gasteiger partial charge is 0.321 e. The quantitative estimate of drug-likeness (QED) is 0.525. The van der Waals surface area contributed by atoms with Gasteiger partial charge in [0.25, 0.3) is 11.6 Å². The van der Waals surface area contributed by atoms with Crippen LogP contribution in [0.1, 0.15) is 23.2 Å². The first kappa shape index (κ1) is 17.8. The van der Waals surface area contributed by atoms with Crippen molar-refractivity contribution in [3.05, 3.63) is 58.1 Å². The molecule has 0 aromatic heterocycles. The summed E-state index contributed by atoms with van der Waals surface area (Å²) in [6.45, 7) is 1.19. The van der Waals surface area contributed by atoms with E-state index < -0.39 is 10.8 Å². The van der Waals surface area contributed by atoms with Gasteiger partial charge in [-0.3, -0.25) is 19.8 Å². The van der Waals surface area contributed by atoms with E-state index in [9.17, 15) is 19.7 Å². The summed E-state index contributed by atoms with van der Waals surface area (Å²) in [5, 5.41) is 19.9. The van der Waals surface area contributed by atoms with Crippen LogP contribution in [0.2, 0.25) is 0 Å². The van der Waals surface area contributed by atoms with Crippen molar-refractivity contribution in [2.24, 2.45) is 0 Å². The number of nitro benzene ring substituents is 1. The van der Waals surface area contributed by atoms with Crippen molar-refractivity contribution >= 4 is 34.7 Å². The third-order valence-electron chi connectivity index (χ3n) is 4.69. The van der Waals surface area contributed by atoms with E-state index in [2.05, 4.69) is 16.0 Å². The van der Waals surface area contributed by atoms with E-state index in [1.54, 1.807) is 41.3 Å². The Morgan fingerprint density at radius 1 is 1.18 bits per heavy atom. The maximum absolute atomic E-state index is 12.5. The summed E-state index contributed by atoms with van der Waals surface area (Å²) >= 11 is 0. The summed E-state index contributed by atoms with van der Waals surface area (Å²) in [7, 11) is 0. The summed E-state index contributed by atoms with van der Waals surface area (Å²) in [6, 6.07) is 11.4. The molecule has 1 saturated heterocycles. The fourth-order valence-electron chi connectivity index (χ4n) is 3.04. The van der Waals surface area contributed by atoms with Gasteiger partial charge in [-0.1, -0.05) is 0 Å². The van der Waals surface area contributed by atoms with Crippen LogP contribution in [-0.4, -0.2) is 36.0 Å². The minimum absolute atomic E-state index is 0.116. The van der Waals surface area contributed by atoms with Gasteiger partial charge in [-0.25, -0.2) is 4.79 Å². The van der Waals surface area contributed by atoms with Crippen LogP contribution in [0.25, 0.3) is 0 Å². The lowest BCUT2D eigenvalue weighted by molar-refractivity contribution is -0.384. The molecule has 1 saturated carbocycles. The normalized spacial score (nSPS) is 15.9. The van der Waals surface area contributed by atoms with Crippen LogP contribution in [0.4, 0.5) is 27.5 Å². The van der Waals surface area contributed by atoms with Gasteiger partial charge in [0, 0.05) is 42.1 Å². The number of nitrogens with zero attached hydrogens (tertiary/aromatic N) is 2. The summed E-state index contributed by atoms with van der Waals surface area (Å²) in [5.41, 5.74) is 1.79. The minimum atomic E-state index is -0.489. The third kappa shape index (κ3) is 3.73. The van der Waals surface area contributed by atoms with Crippen LogP contribution in [0.5, 0.6) is 0 Å². The molecule has 0 atom stereocenters. The van der Waals surface area contributed by atoms with E-state index in [1.807, 2.05) is 0 Å². The topological polar surface area (TPSA) is 117 Å². The lowest BCUT2D eigenvalue weighted by Gasteiger charge is -2.14. The average Bonchev–Trinajstić information content (AvgIpc) is 3.40. The van der Waals surface area contributed by atoms with Gasteiger partial charge >= 0.3 is 6.03 Å². The monoisotopic (exact) mass is 381 g/mol. The Morgan fingerprint density at radius 3 is 2.54 bits per heavy atom. The summed E-state index contributed by atoms with van der Waals surface area (Å²) in [4.78, 5) is 36.7. The van der Waals surface area contributed by atoms with Crippen molar-refractivity contribution in [3.8, 4) is 0 Å². The van der Waals surface area contributed by atoms with Crippen LogP contribution in [0, 0.1) is 10.1 Å². The maximum Gasteiger partial charge on any atom is 0.321 e. The number of amides is 3. The van der Waals surface area contributed by atoms with Gasteiger partial charge in [0.1, 0.15) is 5.69 Å². The van der Waals surface area contributed by atoms with Gasteiger partial charge in [0.15, 0.2) is 0 Å². The number of urea groups is 1. The third-order valence-corrected chi connectivity index (χ3v) is 4.69. The van der Waals surface area contributed by atoms with E-state index in [-0.39, 0.29) is 23.3 Å². The van der Waals surface area contributed by atoms with Gasteiger partial charge in [-0.05, 0) is 49.2 Å². The number of nitro groups is 1. The maximum atomic E-state index is 12.5. The predicted octanol–water partition coefficient (Wildman–Crippen LogP) is 2.95.